The summed E-state index contributed by atoms with van der Waals surface area (Å²) in [5.41, 5.74) is 2.60. The molecule has 1 aromatic rings. The molecule has 19 heavy (non-hydrogen) atoms. The van der Waals surface area contributed by atoms with Crippen molar-refractivity contribution in [3.63, 3.8) is 0 Å². The van der Waals surface area contributed by atoms with Gasteiger partial charge in [0.05, 0.1) is 5.56 Å². The number of rotatable bonds is 4. The minimum Gasteiger partial charge on any atom is -0.478 e. The van der Waals surface area contributed by atoms with Crippen molar-refractivity contribution in [2.24, 2.45) is 5.41 Å². The number of aryl methyl sites for hydroxylation is 1. The number of carboxylic acids is 1. The third-order valence-corrected chi connectivity index (χ3v) is 4.24. The van der Waals surface area contributed by atoms with E-state index in [4.69, 9.17) is 5.11 Å². The summed E-state index contributed by atoms with van der Waals surface area (Å²) in [6.45, 7) is 5.16. The summed E-state index contributed by atoms with van der Waals surface area (Å²) in [5.74, 6) is -0.858. The van der Waals surface area contributed by atoms with Gasteiger partial charge in [-0.2, -0.15) is 0 Å². The van der Waals surface area contributed by atoms with E-state index in [9.17, 15) is 4.79 Å². The second kappa shape index (κ2) is 5.64. The van der Waals surface area contributed by atoms with Crippen molar-refractivity contribution in [2.45, 2.75) is 46.0 Å². The topological polar surface area (TPSA) is 49.3 Å². The minimum absolute atomic E-state index is 0.384. The number of carboxylic acid groups (broad SMARTS) is 1. The number of carbonyl (C=O) groups is 1. The van der Waals surface area contributed by atoms with E-state index >= 15 is 0 Å². The smallest absolute Gasteiger partial charge is 0.335 e. The van der Waals surface area contributed by atoms with Crippen LogP contribution in [-0.4, -0.2) is 17.6 Å². The van der Waals surface area contributed by atoms with E-state index in [0.29, 0.717) is 11.0 Å². The van der Waals surface area contributed by atoms with Crippen LogP contribution in [0.2, 0.25) is 0 Å². The molecule has 1 saturated carbocycles. The molecule has 0 bridgehead atoms. The van der Waals surface area contributed by atoms with Gasteiger partial charge in [0, 0.05) is 12.2 Å². The summed E-state index contributed by atoms with van der Waals surface area (Å²) in [5, 5.41) is 12.5. The molecular formula is C16H23NO2. The molecule has 0 aromatic heterocycles. The molecule has 0 atom stereocenters. The van der Waals surface area contributed by atoms with Gasteiger partial charge < -0.3 is 10.4 Å². The highest BCUT2D eigenvalue weighted by Gasteiger charge is 2.26. The fourth-order valence-electron chi connectivity index (χ4n) is 2.91. The lowest BCUT2D eigenvalue weighted by atomic mass is 9.76. The summed E-state index contributed by atoms with van der Waals surface area (Å²) in [4.78, 5) is 11.0. The van der Waals surface area contributed by atoms with Gasteiger partial charge in [-0.15, -0.1) is 0 Å². The third-order valence-electron chi connectivity index (χ3n) is 4.24. The van der Waals surface area contributed by atoms with Gasteiger partial charge in [-0.05, 0) is 48.9 Å². The lowest BCUT2D eigenvalue weighted by molar-refractivity contribution is 0.0696. The van der Waals surface area contributed by atoms with Crippen molar-refractivity contribution in [3.8, 4) is 0 Å². The van der Waals surface area contributed by atoms with E-state index in [2.05, 4.69) is 12.2 Å². The van der Waals surface area contributed by atoms with Crippen molar-refractivity contribution in [1.82, 2.24) is 0 Å². The van der Waals surface area contributed by atoms with Crippen LogP contribution in [-0.2, 0) is 0 Å². The number of hydrogen-bond acceptors (Lipinski definition) is 2. The van der Waals surface area contributed by atoms with Gasteiger partial charge >= 0.3 is 5.97 Å². The van der Waals surface area contributed by atoms with Crippen molar-refractivity contribution in [1.29, 1.82) is 0 Å². The highest BCUT2D eigenvalue weighted by Crippen LogP contribution is 2.35. The van der Waals surface area contributed by atoms with E-state index in [0.717, 1.165) is 17.8 Å². The first-order valence-corrected chi connectivity index (χ1v) is 7.08. The van der Waals surface area contributed by atoms with Crippen molar-refractivity contribution >= 4 is 11.7 Å². The highest BCUT2D eigenvalue weighted by molar-refractivity contribution is 5.89. The monoisotopic (exact) mass is 261 g/mol. The minimum atomic E-state index is -0.858. The zero-order valence-corrected chi connectivity index (χ0v) is 11.8. The molecule has 3 heteroatoms. The average molecular weight is 261 g/mol. The van der Waals surface area contributed by atoms with Crippen LogP contribution in [0.4, 0.5) is 5.69 Å². The average Bonchev–Trinajstić information content (AvgIpc) is 2.37. The Bertz CT molecular complexity index is 462. The Balaban J connectivity index is 2.00. The van der Waals surface area contributed by atoms with Gasteiger partial charge in [0.2, 0.25) is 0 Å². The van der Waals surface area contributed by atoms with Gasteiger partial charge in [0.15, 0.2) is 0 Å². The molecule has 2 N–H and O–H groups in total. The largest absolute Gasteiger partial charge is 0.478 e. The molecule has 0 saturated heterocycles. The molecule has 1 aliphatic rings. The Morgan fingerprint density at radius 1 is 1.32 bits per heavy atom. The summed E-state index contributed by atoms with van der Waals surface area (Å²) in [6, 6.07) is 5.47. The second-order valence-corrected chi connectivity index (χ2v) is 6.06. The molecule has 1 aromatic carbocycles. The Labute approximate surface area is 115 Å². The predicted octanol–water partition coefficient (Wildman–Crippen LogP) is 4.08. The third kappa shape index (κ3) is 3.49. The number of nitrogens with one attached hydrogen (secondary N) is 1. The van der Waals surface area contributed by atoms with Gasteiger partial charge in [-0.1, -0.05) is 26.2 Å². The van der Waals surface area contributed by atoms with Crippen LogP contribution in [0.25, 0.3) is 0 Å². The van der Waals surface area contributed by atoms with Crippen LogP contribution in [0.3, 0.4) is 0 Å². The van der Waals surface area contributed by atoms with Crippen molar-refractivity contribution in [3.05, 3.63) is 29.3 Å². The molecule has 0 unspecified atom stereocenters. The number of anilines is 1. The molecule has 2 rings (SSSR count). The molecule has 3 nitrogen and oxygen atoms in total. The normalized spacial score (nSPS) is 18.0. The zero-order chi connectivity index (χ0) is 13.9. The lowest BCUT2D eigenvalue weighted by Gasteiger charge is -2.34. The van der Waals surface area contributed by atoms with Crippen LogP contribution in [0.15, 0.2) is 18.2 Å². The maximum atomic E-state index is 11.0. The lowest BCUT2D eigenvalue weighted by Crippen LogP contribution is -2.28. The quantitative estimate of drug-likeness (QED) is 0.858. The van der Waals surface area contributed by atoms with E-state index in [1.165, 1.54) is 32.1 Å². The SMILES string of the molecule is Cc1cc(NCC2(C)CCCCC2)ccc1C(=O)O. The predicted molar refractivity (Wildman–Crippen MR) is 77.8 cm³/mol. The van der Waals surface area contributed by atoms with Gasteiger partial charge in [-0.3, -0.25) is 0 Å². The molecule has 1 aliphatic carbocycles. The van der Waals surface area contributed by atoms with Gasteiger partial charge in [0.25, 0.3) is 0 Å². The second-order valence-electron chi connectivity index (χ2n) is 6.06. The molecule has 104 valence electrons. The molecule has 0 amide bonds. The Morgan fingerprint density at radius 2 is 2.00 bits per heavy atom. The first-order valence-electron chi connectivity index (χ1n) is 7.08. The first kappa shape index (κ1) is 13.9. The Morgan fingerprint density at radius 3 is 2.58 bits per heavy atom. The van der Waals surface area contributed by atoms with Crippen LogP contribution < -0.4 is 5.32 Å². The Kier molecular flexibility index (Phi) is 4.13. The summed E-state index contributed by atoms with van der Waals surface area (Å²) >= 11 is 0. The highest BCUT2D eigenvalue weighted by atomic mass is 16.4. The molecule has 0 heterocycles. The molecule has 1 fully saturated rings. The van der Waals surface area contributed by atoms with Crippen molar-refractivity contribution < 1.29 is 9.90 Å². The van der Waals surface area contributed by atoms with Crippen LogP contribution >= 0.6 is 0 Å². The van der Waals surface area contributed by atoms with Crippen LogP contribution in [0, 0.1) is 12.3 Å². The first-order chi connectivity index (χ1) is 9.00. The standard InChI is InChI=1S/C16H23NO2/c1-12-10-13(6-7-14(12)15(18)19)17-11-16(2)8-4-3-5-9-16/h6-7,10,17H,3-5,8-9,11H2,1-2H3,(H,18,19). The van der Waals surface area contributed by atoms with Crippen LogP contribution in [0.1, 0.15) is 54.9 Å². The van der Waals surface area contributed by atoms with Crippen LogP contribution in [0.5, 0.6) is 0 Å². The van der Waals surface area contributed by atoms with Gasteiger partial charge in [0.1, 0.15) is 0 Å². The van der Waals surface area contributed by atoms with E-state index in [1.807, 2.05) is 19.1 Å². The number of benzene rings is 1. The summed E-state index contributed by atoms with van der Waals surface area (Å²) < 4.78 is 0. The fourth-order valence-corrected chi connectivity index (χ4v) is 2.91. The van der Waals surface area contributed by atoms with Gasteiger partial charge in [-0.25, -0.2) is 4.79 Å². The number of hydrogen-bond donors (Lipinski definition) is 2. The van der Waals surface area contributed by atoms with E-state index < -0.39 is 5.97 Å². The van der Waals surface area contributed by atoms with E-state index in [-0.39, 0.29) is 0 Å². The Hall–Kier alpha value is -1.51. The fraction of sp³-hybridized carbons (Fsp3) is 0.562. The maximum absolute atomic E-state index is 11.0. The summed E-state index contributed by atoms with van der Waals surface area (Å²) in [6.07, 6.45) is 6.59. The van der Waals surface area contributed by atoms with Crippen molar-refractivity contribution in [2.75, 3.05) is 11.9 Å². The molecule has 0 spiro atoms. The van der Waals surface area contributed by atoms with E-state index in [1.54, 1.807) is 6.07 Å². The number of aromatic carboxylic acids is 1. The molecule has 0 radical (unpaired) electrons. The molecule has 0 aliphatic heterocycles. The summed E-state index contributed by atoms with van der Waals surface area (Å²) in [7, 11) is 0. The zero-order valence-electron chi connectivity index (χ0n) is 11.8. The molecular weight excluding hydrogens is 238 g/mol. The maximum Gasteiger partial charge on any atom is 0.335 e.